The molecule has 0 bridgehead atoms. The van der Waals surface area contributed by atoms with Crippen molar-refractivity contribution in [3.63, 3.8) is 0 Å². The van der Waals surface area contributed by atoms with Gasteiger partial charge in [0.1, 0.15) is 4.33 Å². The lowest BCUT2D eigenvalue weighted by Gasteiger charge is -2.14. The number of hydrogen-bond donors (Lipinski definition) is 2. The number of carbonyl (C=O) groups excluding carboxylic acids is 2. The zero-order valence-corrected chi connectivity index (χ0v) is 18.1. The van der Waals surface area contributed by atoms with Crippen LogP contribution in [0.4, 0.5) is 18.9 Å². The smallest absolute Gasteiger partial charge is 0.355 e. The van der Waals surface area contributed by atoms with Gasteiger partial charge in [-0.15, -0.1) is 23.2 Å². The van der Waals surface area contributed by atoms with Crippen molar-refractivity contribution in [2.45, 2.75) is 16.4 Å². The molecular weight excluding hydrogens is 487 g/mol. The number of carbonyl (C=O) groups is 2. The zero-order valence-electron chi connectivity index (χ0n) is 15.1. The summed E-state index contributed by atoms with van der Waals surface area (Å²) in [6, 6.07) is 7.37. The van der Waals surface area contributed by atoms with E-state index in [1.807, 2.05) is 0 Å². The van der Waals surface area contributed by atoms with Crippen LogP contribution in [-0.2, 0) is 11.0 Å². The standard InChI is InChI=1S/C19H13Cl4F3N2O2/c1-27-16(29)12-7-11(2-3-13(12)19(24,25)26)28-17(30)15-14(18(15,22)23)8-4-9(20)6-10(21)5-8/h2-7,14-15H,1H3,(H,27,29)(H,28,30)/t14-,15+/m0/s1. The quantitative estimate of drug-likeness (QED) is 0.514. The van der Waals surface area contributed by atoms with Crippen molar-refractivity contribution in [1.29, 1.82) is 0 Å². The maximum atomic E-state index is 13.2. The fourth-order valence-corrected chi connectivity index (χ4v) is 4.61. The van der Waals surface area contributed by atoms with Gasteiger partial charge in [-0.1, -0.05) is 23.2 Å². The molecular formula is C19H13Cl4F3N2O2. The highest BCUT2D eigenvalue weighted by Gasteiger charge is 2.67. The molecule has 160 valence electrons. The minimum absolute atomic E-state index is 0.00879. The molecule has 30 heavy (non-hydrogen) atoms. The van der Waals surface area contributed by atoms with Crippen molar-refractivity contribution >= 4 is 63.9 Å². The van der Waals surface area contributed by atoms with Gasteiger partial charge in [-0.25, -0.2) is 0 Å². The molecule has 2 atom stereocenters. The van der Waals surface area contributed by atoms with Gasteiger partial charge in [0.05, 0.1) is 17.0 Å². The molecule has 1 aliphatic rings. The molecule has 0 spiro atoms. The molecule has 1 aliphatic carbocycles. The van der Waals surface area contributed by atoms with Gasteiger partial charge in [0.2, 0.25) is 5.91 Å². The summed E-state index contributed by atoms with van der Waals surface area (Å²) in [5.74, 6) is -3.09. The number of alkyl halides is 5. The Bertz CT molecular complexity index is 1010. The molecule has 2 amide bonds. The number of amides is 2. The van der Waals surface area contributed by atoms with Crippen LogP contribution in [0.2, 0.25) is 10.0 Å². The number of halogens is 7. The lowest BCUT2D eigenvalue weighted by atomic mass is 10.0. The molecule has 0 aliphatic heterocycles. The molecule has 0 saturated heterocycles. The van der Waals surface area contributed by atoms with E-state index in [2.05, 4.69) is 10.6 Å². The molecule has 0 aromatic heterocycles. The fourth-order valence-electron chi connectivity index (χ4n) is 3.23. The van der Waals surface area contributed by atoms with Crippen molar-refractivity contribution in [3.8, 4) is 0 Å². The molecule has 0 radical (unpaired) electrons. The maximum Gasteiger partial charge on any atom is 0.417 e. The zero-order chi connectivity index (χ0) is 22.4. The first-order valence-corrected chi connectivity index (χ1v) is 9.95. The Kier molecular flexibility index (Phi) is 6.22. The number of anilines is 1. The van der Waals surface area contributed by atoms with Crippen LogP contribution in [0.1, 0.15) is 27.4 Å². The first-order valence-electron chi connectivity index (χ1n) is 8.44. The summed E-state index contributed by atoms with van der Waals surface area (Å²) < 4.78 is 38.0. The molecule has 4 nitrogen and oxygen atoms in total. The van der Waals surface area contributed by atoms with Crippen molar-refractivity contribution in [2.75, 3.05) is 12.4 Å². The Morgan fingerprint density at radius 3 is 2.17 bits per heavy atom. The second-order valence-corrected chi connectivity index (χ2v) is 8.98. The van der Waals surface area contributed by atoms with Crippen LogP contribution >= 0.6 is 46.4 Å². The van der Waals surface area contributed by atoms with Gasteiger partial charge in [-0.2, -0.15) is 13.2 Å². The third-order valence-corrected chi connectivity index (χ3v) is 6.02. The van der Waals surface area contributed by atoms with Gasteiger partial charge < -0.3 is 10.6 Å². The van der Waals surface area contributed by atoms with E-state index in [1.54, 1.807) is 12.1 Å². The number of rotatable bonds is 4. The normalized spacial score (nSPS) is 19.9. The van der Waals surface area contributed by atoms with E-state index >= 15 is 0 Å². The molecule has 0 heterocycles. The summed E-state index contributed by atoms with van der Waals surface area (Å²) in [6.45, 7) is 0. The molecule has 0 unspecified atom stereocenters. The van der Waals surface area contributed by atoms with Crippen LogP contribution in [0.5, 0.6) is 0 Å². The average Bonchev–Trinajstić information content (AvgIpc) is 3.21. The molecule has 2 aromatic rings. The van der Waals surface area contributed by atoms with Crippen LogP contribution in [0.25, 0.3) is 0 Å². The van der Waals surface area contributed by atoms with Gasteiger partial charge in [0, 0.05) is 28.7 Å². The highest BCUT2D eigenvalue weighted by molar-refractivity contribution is 6.53. The first-order chi connectivity index (χ1) is 13.9. The molecule has 11 heteroatoms. The van der Waals surface area contributed by atoms with Crippen LogP contribution in [0.3, 0.4) is 0 Å². The topological polar surface area (TPSA) is 58.2 Å². The Morgan fingerprint density at radius 2 is 1.63 bits per heavy atom. The van der Waals surface area contributed by atoms with Crippen LogP contribution in [0.15, 0.2) is 36.4 Å². The lowest BCUT2D eigenvalue weighted by molar-refractivity contribution is -0.137. The van der Waals surface area contributed by atoms with Gasteiger partial charge in [0.25, 0.3) is 5.91 Å². The van der Waals surface area contributed by atoms with Crippen LogP contribution in [0, 0.1) is 5.92 Å². The molecule has 1 fully saturated rings. The van der Waals surface area contributed by atoms with Crippen molar-refractivity contribution in [1.82, 2.24) is 5.32 Å². The van der Waals surface area contributed by atoms with Gasteiger partial charge in [0.15, 0.2) is 0 Å². The number of benzene rings is 2. The highest BCUT2D eigenvalue weighted by atomic mass is 35.5. The monoisotopic (exact) mass is 498 g/mol. The third kappa shape index (κ3) is 4.49. The minimum atomic E-state index is -4.74. The van der Waals surface area contributed by atoms with Crippen LogP contribution in [-0.4, -0.2) is 23.2 Å². The predicted molar refractivity (Wildman–Crippen MR) is 111 cm³/mol. The Hall–Kier alpha value is -1.67. The third-order valence-electron chi connectivity index (χ3n) is 4.64. The highest BCUT2D eigenvalue weighted by Crippen LogP contribution is 2.65. The van der Waals surface area contributed by atoms with Crippen molar-refractivity contribution in [2.24, 2.45) is 5.92 Å². The molecule has 1 saturated carbocycles. The maximum absolute atomic E-state index is 13.2. The fraction of sp³-hybridized carbons (Fsp3) is 0.263. The summed E-state index contributed by atoms with van der Waals surface area (Å²) in [6.07, 6.45) is -4.74. The van der Waals surface area contributed by atoms with Crippen molar-refractivity contribution < 1.29 is 22.8 Å². The Balaban J connectivity index is 1.86. The van der Waals surface area contributed by atoms with Crippen LogP contribution < -0.4 is 10.6 Å². The van der Waals surface area contributed by atoms with E-state index in [0.29, 0.717) is 15.6 Å². The van der Waals surface area contributed by atoms with Crippen molar-refractivity contribution in [3.05, 3.63) is 63.1 Å². The van der Waals surface area contributed by atoms with Gasteiger partial charge in [-0.05, 0) is 42.0 Å². The Labute approximate surface area is 189 Å². The molecule has 2 aromatic carbocycles. The summed E-state index contributed by atoms with van der Waals surface area (Å²) >= 11 is 24.5. The van der Waals surface area contributed by atoms with E-state index < -0.39 is 45.3 Å². The Morgan fingerprint density at radius 1 is 1.03 bits per heavy atom. The predicted octanol–water partition coefficient (Wildman–Crippen LogP) is 5.90. The summed E-state index contributed by atoms with van der Waals surface area (Å²) in [5, 5.41) is 5.29. The molecule has 3 rings (SSSR count). The first kappa shape index (κ1) is 23.0. The van der Waals surface area contributed by atoms with Gasteiger partial charge in [-0.3, -0.25) is 9.59 Å². The number of hydrogen-bond acceptors (Lipinski definition) is 2. The number of nitrogens with one attached hydrogen (secondary N) is 2. The SMILES string of the molecule is CNC(=O)c1cc(NC(=O)[C@H]2[C@H](c3cc(Cl)cc(Cl)c3)C2(Cl)Cl)ccc1C(F)(F)F. The van der Waals surface area contributed by atoms with E-state index in [1.165, 1.54) is 13.1 Å². The summed E-state index contributed by atoms with van der Waals surface area (Å²) in [7, 11) is 1.20. The van der Waals surface area contributed by atoms with E-state index in [4.69, 9.17) is 46.4 Å². The largest absolute Gasteiger partial charge is 0.417 e. The second kappa shape index (κ2) is 8.11. The minimum Gasteiger partial charge on any atom is -0.355 e. The average molecular weight is 500 g/mol. The van der Waals surface area contributed by atoms with E-state index in [9.17, 15) is 22.8 Å². The van der Waals surface area contributed by atoms with Gasteiger partial charge >= 0.3 is 6.18 Å². The molecule has 2 N–H and O–H groups in total. The summed E-state index contributed by atoms with van der Waals surface area (Å²) in [5.41, 5.74) is -1.21. The van der Waals surface area contributed by atoms with E-state index in [0.717, 1.165) is 18.2 Å². The summed E-state index contributed by atoms with van der Waals surface area (Å²) in [4.78, 5) is 24.6. The lowest BCUT2D eigenvalue weighted by Crippen LogP contribution is -2.23. The second-order valence-electron chi connectivity index (χ2n) is 6.66. The van der Waals surface area contributed by atoms with E-state index in [-0.39, 0.29) is 5.69 Å².